The van der Waals surface area contributed by atoms with Crippen molar-refractivity contribution in [2.75, 3.05) is 12.8 Å². The Hall–Kier alpha value is -0.600. The predicted octanol–water partition coefficient (Wildman–Crippen LogP) is 3.57. The van der Waals surface area contributed by atoms with E-state index in [-0.39, 0.29) is 16.5 Å². The zero-order chi connectivity index (χ0) is 14.9. The normalized spacial score (nSPS) is 12.0. The maximum atomic E-state index is 12.5. The van der Waals surface area contributed by atoms with Crippen molar-refractivity contribution in [2.24, 2.45) is 0 Å². The molecule has 0 fully saturated rings. The van der Waals surface area contributed by atoms with Crippen LogP contribution in [-0.4, -0.2) is 19.8 Å². The number of nitrogens with two attached hydrogens (primary N) is 1. The predicted molar refractivity (Wildman–Crippen MR) is 86.5 cm³/mol. The summed E-state index contributed by atoms with van der Waals surface area (Å²) in [5.74, 6) is 0. The number of thiophene rings is 1. The van der Waals surface area contributed by atoms with Crippen LogP contribution in [0.25, 0.3) is 0 Å². The Balaban J connectivity index is 2.32. The van der Waals surface area contributed by atoms with E-state index >= 15 is 0 Å². The largest absolute Gasteiger partial charge is 0.399 e. The molecule has 1 aromatic carbocycles. The molecule has 0 aliphatic carbocycles. The average molecular weight is 396 g/mol. The van der Waals surface area contributed by atoms with Crippen LogP contribution in [-0.2, 0) is 16.6 Å². The number of anilines is 1. The van der Waals surface area contributed by atoms with Crippen LogP contribution in [0.4, 0.5) is 5.69 Å². The van der Waals surface area contributed by atoms with Crippen molar-refractivity contribution in [3.63, 3.8) is 0 Å². The fourth-order valence-corrected chi connectivity index (χ4v) is 4.87. The maximum absolute atomic E-state index is 12.5. The number of benzene rings is 1. The summed E-state index contributed by atoms with van der Waals surface area (Å²) in [6, 6.07) is 6.31. The molecule has 0 aliphatic heterocycles. The Bertz CT molecular complexity index is 731. The summed E-state index contributed by atoms with van der Waals surface area (Å²) in [5, 5.41) is 2.07. The van der Waals surface area contributed by atoms with Crippen molar-refractivity contribution in [1.82, 2.24) is 4.31 Å². The van der Waals surface area contributed by atoms with Gasteiger partial charge in [0.25, 0.3) is 0 Å². The third kappa shape index (κ3) is 3.35. The van der Waals surface area contributed by atoms with Crippen LogP contribution < -0.4 is 5.73 Å². The van der Waals surface area contributed by atoms with E-state index in [2.05, 4.69) is 15.9 Å². The van der Waals surface area contributed by atoms with Gasteiger partial charge in [0.2, 0.25) is 10.0 Å². The quantitative estimate of drug-likeness (QED) is 0.805. The van der Waals surface area contributed by atoms with Crippen molar-refractivity contribution in [3.05, 3.63) is 44.0 Å². The Kier molecular flexibility index (Phi) is 4.76. The molecule has 1 heterocycles. The standard InChI is InChI=1S/C12H12BrClN2O2S2/c1-16(6-10-4-8(13)7-19-10)20(17,18)12-5-9(15)2-3-11(12)14/h2-5,7H,6,15H2,1H3. The Labute approximate surface area is 135 Å². The molecule has 1 aromatic heterocycles. The van der Waals surface area contributed by atoms with Gasteiger partial charge in [0.15, 0.2) is 0 Å². The van der Waals surface area contributed by atoms with E-state index in [1.54, 1.807) is 6.07 Å². The molecule has 0 amide bonds. The van der Waals surface area contributed by atoms with Crippen LogP contribution >= 0.6 is 38.9 Å². The fraction of sp³-hybridized carbons (Fsp3) is 0.167. The Morgan fingerprint density at radius 2 is 2.10 bits per heavy atom. The summed E-state index contributed by atoms with van der Waals surface area (Å²) in [6.45, 7) is 0.281. The number of rotatable bonds is 4. The fourth-order valence-electron chi connectivity index (χ4n) is 1.63. The number of sulfonamides is 1. The summed E-state index contributed by atoms with van der Waals surface area (Å²) in [4.78, 5) is 0.959. The van der Waals surface area contributed by atoms with Gasteiger partial charge in [-0.05, 0) is 40.2 Å². The highest BCUT2D eigenvalue weighted by Crippen LogP contribution is 2.28. The first-order valence-electron chi connectivity index (χ1n) is 5.55. The minimum absolute atomic E-state index is 0.0253. The van der Waals surface area contributed by atoms with Gasteiger partial charge in [-0.2, -0.15) is 4.31 Å². The van der Waals surface area contributed by atoms with E-state index in [0.717, 1.165) is 9.35 Å². The lowest BCUT2D eigenvalue weighted by Crippen LogP contribution is -2.26. The van der Waals surface area contributed by atoms with E-state index < -0.39 is 10.0 Å². The van der Waals surface area contributed by atoms with Gasteiger partial charge in [-0.15, -0.1) is 11.3 Å². The lowest BCUT2D eigenvalue weighted by atomic mass is 10.3. The van der Waals surface area contributed by atoms with Gasteiger partial charge < -0.3 is 5.73 Å². The first kappa shape index (κ1) is 15.8. The molecule has 0 spiro atoms. The van der Waals surface area contributed by atoms with Gasteiger partial charge in [-0.1, -0.05) is 11.6 Å². The summed E-state index contributed by atoms with van der Waals surface area (Å²) in [6.07, 6.45) is 0. The molecule has 0 saturated carbocycles. The van der Waals surface area contributed by atoms with Gasteiger partial charge in [-0.3, -0.25) is 0 Å². The number of hydrogen-bond donors (Lipinski definition) is 1. The van der Waals surface area contributed by atoms with Gasteiger partial charge in [0.05, 0.1) is 5.02 Å². The van der Waals surface area contributed by atoms with E-state index in [0.29, 0.717) is 5.69 Å². The van der Waals surface area contributed by atoms with Crippen molar-refractivity contribution >= 4 is 54.6 Å². The minimum atomic E-state index is -3.67. The molecular formula is C12H12BrClN2O2S2. The monoisotopic (exact) mass is 394 g/mol. The number of halogens is 2. The first-order valence-corrected chi connectivity index (χ1v) is 9.04. The second-order valence-corrected chi connectivity index (χ2v) is 8.51. The van der Waals surface area contributed by atoms with Gasteiger partial charge in [-0.25, -0.2) is 8.42 Å². The SMILES string of the molecule is CN(Cc1cc(Br)cs1)S(=O)(=O)c1cc(N)ccc1Cl. The molecular weight excluding hydrogens is 384 g/mol. The van der Waals surface area contributed by atoms with Crippen LogP contribution in [0.2, 0.25) is 5.02 Å². The smallest absolute Gasteiger partial charge is 0.244 e. The maximum Gasteiger partial charge on any atom is 0.244 e. The first-order chi connectivity index (χ1) is 9.30. The second kappa shape index (κ2) is 6.03. The summed E-state index contributed by atoms with van der Waals surface area (Å²) < 4.78 is 27.2. The van der Waals surface area contributed by atoms with Crippen LogP contribution in [0.3, 0.4) is 0 Å². The highest BCUT2D eigenvalue weighted by molar-refractivity contribution is 9.10. The van der Waals surface area contributed by atoms with Crippen molar-refractivity contribution in [1.29, 1.82) is 0 Å². The van der Waals surface area contributed by atoms with E-state index in [1.807, 2.05) is 11.4 Å². The Morgan fingerprint density at radius 3 is 2.70 bits per heavy atom. The van der Waals surface area contributed by atoms with Gasteiger partial charge in [0.1, 0.15) is 4.90 Å². The Morgan fingerprint density at radius 1 is 1.40 bits per heavy atom. The molecule has 0 bridgehead atoms. The van der Waals surface area contributed by atoms with Crippen molar-refractivity contribution in [2.45, 2.75) is 11.4 Å². The molecule has 0 radical (unpaired) electrons. The number of nitrogen functional groups attached to an aromatic ring is 1. The topological polar surface area (TPSA) is 63.4 Å². The molecule has 4 nitrogen and oxygen atoms in total. The molecule has 0 atom stereocenters. The van der Waals surface area contributed by atoms with Crippen molar-refractivity contribution < 1.29 is 8.42 Å². The third-order valence-electron chi connectivity index (χ3n) is 2.64. The minimum Gasteiger partial charge on any atom is -0.399 e. The van der Waals surface area contributed by atoms with Gasteiger partial charge in [0, 0.05) is 34.0 Å². The molecule has 2 aromatic rings. The van der Waals surface area contributed by atoms with Crippen LogP contribution in [0, 0.1) is 0 Å². The zero-order valence-electron chi connectivity index (χ0n) is 10.5. The molecule has 0 unspecified atom stereocenters. The highest BCUT2D eigenvalue weighted by atomic mass is 79.9. The van der Waals surface area contributed by atoms with E-state index in [1.165, 1.54) is 34.8 Å². The molecule has 8 heteroatoms. The molecule has 20 heavy (non-hydrogen) atoms. The second-order valence-electron chi connectivity index (χ2n) is 4.18. The molecule has 2 N–H and O–H groups in total. The number of nitrogens with zero attached hydrogens (tertiary/aromatic N) is 1. The molecule has 0 aliphatic rings. The van der Waals surface area contributed by atoms with E-state index in [9.17, 15) is 8.42 Å². The molecule has 108 valence electrons. The van der Waals surface area contributed by atoms with Crippen LogP contribution in [0.5, 0.6) is 0 Å². The third-order valence-corrected chi connectivity index (χ3v) is 6.61. The summed E-state index contributed by atoms with van der Waals surface area (Å²) in [5.41, 5.74) is 6.00. The van der Waals surface area contributed by atoms with E-state index in [4.69, 9.17) is 17.3 Å². The highest BCUT2D eigenvalue weighted by Gasteiger charge is 2.24. The number of hydrogen-bond acceptors (Lipinski definition) is 4. The lowest BCUT2D eigenvalue weighted by Gasteiger charge is -2.17. The van der Waals surface area contributed by atoms with Crippen molar-refractivity contribution in [3.8, 4) is 0 Å². The van der Waals surface area contributed by atoms with Crippen LogP contribution in [0.15, 0.2) is 39.0 Å². The van der Waals surface area contributed by atoms with Crippen LogP contribution in [0.1, 0.15) is 4.88 Å². The summed E-state index contributed by atoms with van der Waals surface area (Å²) >= 11 is 10.8. The zero-order valence-corrected chi connectivity index (χ0v) is 14.5. The van der Waals surface area contributed by atoms with Gasteiger partial charge >= 0.3 is 0 Å². The summed E-state index contributed by atoms with van der Waals surface area (Å²) in [7, 11) is -2.15. The molecule has 2 rings (SSSR count). The molecule has 0 saturated heterocycles. The lowest BCUT2D eigenvalue weighted by molar-refractivity contribution is 0.469. The average Bonchev–Trinajstić information content (AvgIpc) is 2.77.